The number of rotatable bonds is 8. The van der Waals surface area contributed by atoms with Crippen LogP contribution in [0.5, 0.6) is 0 Å². The van der Waals surface area contributed by atoms with Gasteiger partial charge in [-0.3, -0.25) is 25.0 Å². The summed E-state index contributed by atoms with van der Waals surface area (Å²) in [4.78, 5) is 34.7. The van der Waals surface area contributed by atoms with Crippen molar-refractivity contribution in [1.29, 1.82) is 0 Å². The van der Waals surface area contributed by atoms with Gasteiger partial charge < -0.3 is 4.57 Å². The summed E-state index contributed by atoms with van der Waals surface area (Å²) in [6, 6.07) is 5.23. The minimum absolute atomic E-state index is 0.0272. The smallest absolute Gasteiger partial charge is 0.270 e. The number of nitrogens with one attached hydrogen (secondary N) is 1. The summed E-state index contributed by atoms with van der Waals surface area (Å²) >= 11 is 1.19. The molecule has 1 aliphatic carbocycles. The molecule has 0 unspecified atom stereocenters. The van der Waals surface area contributed by atoms with E-state index in [0.717, 1.165) is 24.7 Å². The first-order chi connectivity index (χ1) is 14.5. The van der Waals surface area contributed by atoms with Gasteiger partial charge in [0, 0.05) is 30.2 Å². The topological polar surface area (TPSA) is 120 Å². The lowest BCUT2D eigenvalue weighted by Crippen LogP contribution is -2.32. The molecule has 0 spiro atoms. The fourth-order valence-corrected chi connectivity index (χ4v) is 4.25. The molecule has 0 bridgehead atoms. The molecule has 1 saturated carbocycles. The predicted octanol–water partition coefficient (Wildman–Crippen LogP) is 3.47. The maximum Gasteiger partial charge on any atom is 0.270 e. The monoisotopic (exact) mass is 429 g/mol. The Hall–Kier alpha value is -3.01. The fraction of sp³-hybridized carbons (Fsp3) is 0.400. The van der Waals surface area contributed by atoms with Crippen molar-refractivity contribution in [3.63, 3.8) is 0 Å². The molecule has 0 saturated heterocycles. The number of nitrogens with zero attached hydrogens (tertiary/aromatic N) is 4. The lowest BCUT2D eigenvalue weighted by Gasteiger charge is -2.21. The standard InChI is InChI=1S/C20H23N5O4S/c1-2-11-24-18(14-7-4-3-5-8-14)22-23-20(24)30-13-17(26)21-19(27)15-9-6-10-16(12-15)25(28)29/h2,6,9-10,12,14H,1,3-5,7-8,11,13H2,(H,21,26,27). The Kier molecular flexibility index (Phi) is 7.34. The molecule has 1 aromatic carbocycles. The van der Waals surface area contributed by atoms with Crippen LogP contribution in [-0.4, -0.2) is 37.3 Å². The molecule has 9 nitrogen and oxygen atoms in total. The molecule has 1 aliphatic rings. The summed E-state index contributed by atoms with van der Waals surface area (Å²) in [6.45, 7) is 4.34. The van der Waals surface area contributed by atoms with E-state index in [1.54, 1.807) is 6.08 Å². The van der Waals surface area contributed by atoms with Crippen molar-refractivity contribution < 1.29 is 14.5 Å². The highest BCUT2D eigenvalue weighted by molar-refractivity contribution is 7.99. The van der Waals surface area contributed by atoms with Crippen LogP contribution in [-0.2, 0) is 11.3 Å². The van der Waals surface area contributed by atoms with Crippen molar-refractivity contribution in [2.24, 2.45) is 0 Å². The molecular formula is C20H23N5O4S. The van der Waals surface area contributed by atoms with Gasteiger partial charge in [0.25, 0.3) is 11.6 Å². The van der Waals surface area contributed by atoms with Gasteiger partial charge in [0.05, 0.1) is 10.7 Å². The van der Waals surface area contributed by atoms with Crippen LogP contribution in [0.25, 0.3) is 0 Å². The Balaban J connectivity index is 1.62. The van der Waals surface area contributed by atoms with Gasteiger partial charge in [0.15, 0.2) is 5.16 Å². The average Bonchev–Trinajstić information content (AvgIpc) is 3.16. The number of carbonyl (C=O) groups is 2. The number of nitro benzene ring substituents is 1. The van der Waals surface area contributed by atoms with Crippen molar-refractivity contribution in [3.8, 4) is 0 Å². The molecule has 158 valence electrons. The molecule has 30 heavy (non-hydrogen) atoms. The van der Waals surface area contributed by atoms with E-state index in [-0.39, 0.29) is 17.0 Å². The van der Waals surface area contributed by atoms with Gasteiger partial charge >= 0.3 is 0 Å². The summed E-state index contributed by atoms with van der Waals surface area (Å²) in [6.07, 6.45) is 7.53. The molecule has 1 aromatic heterocycles. The van der Waals surface area contributed by atoms with Crippen molar-refractivity contribution in [1.82, 2.24) is 20.1 Å². The third-order valence-electron chi connectivity index (χ3n) is 4.93. The van der Waals surface area contributed by atoms with Gasteiger partial charge in [-0.25, -0.2) is 0 Å². The van der Waals surface area contributed by atoms with E-state index in [1.807, 2.05) is 4.57 Å². The average molecular weight is 430 g/mol. The molecule has 0 atom stereocenters. The number of hydrogen-bond donors (Lipinski definition) is 1. The lowest BCUT2D eigenvalue weighted by atomic mass is 9.89. The minimum Gasteiger partial charge on any atom is -0.302 e. The number of benzene rings is 1. The normalized spacial score (nSPS) is 14.3. The Morgan fingerprint density at radius 2 is 2.07 bits per heavy atom. The Labute approximate surface area is 178 Å². The first-order valence-electron chi connectivity index (χ1n) is 9.75. The van der Waals surface area contributed by atoms with Gasteiger partial charge in [0.2, 0.25) is 5.91 Å². The van der Waals surface area contributed by atoms with E-state index in [9.17, 15) is 19.7 Å². The highest BCUT2D eigenvalue weighted by Gasteiger charge is 2.23. The molecule has 1 fully saturated rings. The van der Waals surface area contributed by atoms with Crippen LogP contribution in [0, 0.1) is 10.1 Å². The summed E-state index contributed by atoms with van der Waals surface area (Å²) < 4.78 is 1.98. The first kappa shape index (κ1) is 21.7. The number of hydrogen-bond acceptors (Lipinski definition) is 7. The first-order valence-corrected chi connectivity index (χ1v) is 10.7. The van der Waals surface area contributed by atoms with E-state index < -0.39 is 16.7 Å². The maximum atomic E-state index is 12.2. The quantitative estimate of drug-likeness (QED) is 0.295. The second-order valence-corrected chi connectivity index (χ2v) is 7.99. The fourth-order valence-electron chi connectivity index (χ4n) is 3.50. The third kappa shape index (κ3) is 5.32. The lowest BCUT2D eigenvalue weighted by molar-refractivity contribution is -0.384. The molecule has 3 rings (SSSR count). The van der Waals surface area contributed by atoms with Gasteiger partial charge in [0.1, 0.15) is 5.82 Å². The van der Waals surface area contributed by atoms with Crippen LogP contribution in [0.1, 0.15) is 54.2 Å². The van der Waals surface area contributed by atoms with Crippen molar-refractivity contribution in [2.75, 3.05) is 5.75 Å². The largest absolute Gasteiger partial charge is 0.302 e. The Bertz CT molecular complexity index is 952. The van der Waals surface area contributed by atoms with E-state index in [4.69, 9.17) is 0 Å². The number of allylic oxidation sites excluding steroid dienone is 1. The zero-order valence-electron chi connectivity index (χ0n) is 16.5. The molecule has 2 aromatic rings. The second kappa shape index (κ2) is 10.1. The summed E-state index contributed by atoms with van der Waals surface area (Å²) in [5, 5.41) is 22.3. The second-order valence-electron chi connectivity index (χ2n) is 7.05. The molecule has 2 amide bonds. The summed E-state index contributed by atoms with van der Waals surface area (Å²) in [7, 11) is 0. The van der Waals surface area contributed by atoms with Crippen LogP contribution < -0.4 is 5.32 Å². The number of nitro groups is 1. The van der Waals surface area contributed by atoms with E-state index >= 15 is 0 Å². The van der Waals surface area contributed by atoms with E-state index in [2.05, 4.69) is 22.1 Å². The van der Waals surface area contributed by atoms with Crippen LogP contribution in [0.15, 0.2) is 42.1 Å². The van der Waals surface area contributed by atoms with Crippen molar-refractivity contribution >= 4 is 29.3 Å². The molecule has 0 aliphatic heterocycles. The predicted molar refractivity (Wildman–Crippen MR) is 112 cm³/mol. The van der Waals surface area contributed by atoms with Gasteiger partial charge in [-0.15, -0.1) is 16.8 Å². The number of amides is 2. The minimum atomic E-state index is -0.681. The van der Waals surface area contributed by atoms with E-state index in [1.165, 1.54) is 49.2 Å². The number of imide groups is 1. The van der Waals surface area contributed by atoms with Crippen LogP contribution in [0.2, 0.25) is 0 Å². The zero-order chi connectivity index (χ0) is 21.5. The highest BCUT2D eigenvalue weighted by Crippen LogP contribution is 2.33. The summed E-state index contributed by atoms with van der Waals surface area (Å²) in [5.74, 6) is 0.0688. The maximum absolute atomic E-state index is 12.2. The molecular weight excluding hydrogens is 406 g/mol. The summed E-state index contributed by atoms with van der Waals surface area (Å²) in [5.41, 5.74) is -0.158. The molecule has 1 N–H and O–H groups in total. The molecule has 0 radical (unpaired) electrons. The van der Waals surface area contributed by atoms with Gasteiger partial charge in [-0.05, 0) is 18.9 Å². The Morgan fingerprint density at radius 1 is 1.30 bits per heavy atom. The van der Waals surface area contributed by atoms with Gasteiger partial charge in [-0.2, -0.15) is 0 Å². The van der Waals surface area contributed by atoms with Crippen LogP contribution >= 0.6 is 11.8 Å². The highest BCUT2D eigenvalue weighted by atomic mass is 32.2. The van der Waals surface area contributed by atoms with Gasteiger partial charge in [-0.1, -0.05) is 43.2 Å². The number of aromatic nitrogens is 3. The Morgan fingerprint density at radius 3 is 2.77 bits per heavy atom. The van der Waals surface area contributed by atoms with Crippen molar-refractivity contribution in [2.45, 2.75) is 49.7 Å². The van der Waals surface area contributed by atoms with Crippen LogP contribution in [0.4, 0.5) is 5.69 Å². The van der Waals surface area contributed by atoms with E-state index in [0.29, 0.717) is 17.6 Å². The number of carbonyl (C=O) groups excluding carboxylic acids is 2. The SMILES string of the molecule is C=CCn1c(SCC(=O)NC(=O)c2cccc([N+](=O)[O-])c2)nnc1C1CCCCC1. The molecule has 1 heterocycles. The number of thioether (sulfide) groups is 1. The van der Waals surface area contributed by atoms with Crippen molar-refractivity contribution in [3.05, 3.63) is 58.4 Å². The molecule has 10 heteroatoms. The number of non-ortho nitro benzene ring substituents is 1. The zero-order valence-corrected chi connectivity index (χ0v) is 17.3. The van der Waals surface area contributed by atoms with Crippen LogP contribution in [0.3, 0.4) is 0 Å². The third-order valence-corrected chi connectivity index (χ3v) is 5.90.